The molecule has 0 fully saturated rings. The van der Waals surface area contributed by atoms with Gasteiger partial charge in [-0.2, -0.15) is 11.1 Å². The van der Waals surface area contributed by atoms with Crippen LogP contribution in [0.1, 0.15) is 30.9 Å². The molecule has 0 saturated carbocycles. The van der Waals surface area contributed by atoms with Crippen molar-refractivity contribution < 1.29 is 0 Å². The zero-order valence-corrected chi connectivity index (χ0v) is 14.1. The summed E-state index contributed by atoms with van der Waals surface area (Å²) in [5.41, 5.74) is 2.77. The SMILES string of the molecule is CC[Si](Cl)(CC)CC(c1ccccc1)c1ccccc1. The molecular formula is C18H23ClSi. The molecule has 2 aromatic carbocycles. The van der Waals surface area contributed by atoms with Crippen LogP contribution in [0.15, 0.2) is 60.7 Å². The Labute approximate surface area is 128 Å². The highest BCUT2D eigenvalue weighted by Gasteiger charge is 2.31. The lowest BCUT2D eigenvalue weighted by atomic mass is 9.93. The Bertz CT molecular complexity index is 466. The first kappa shape index (κ1) is 15.3. The van der Waals surface area contributed by atoms with Crippen molar-refractivity contribution in [2.75, 3.05) is 0 Å². The molecule has 0 unspecified atom stereocenters. The third-order valence-corrected chi connectivity index (χ3v) is 9.98. The van der Waals surface area contributed by atoms with Crippen LogP contribution in [0.25, 0.3) is 0 Å². The van der Waals surface area contributed by atoms with Crippen molar-refractivity contribution in [1.29, 1.82) is 0 Å². The molecule has 0 atom stereocenters. The molecule has 2 aromatic rings. The molecular weight excluding hydrogens is 280 g/mol. The number of rotatable bonds is 6. The molecule has 106 valence electrons. The van der Waals surface area contributed by atoms with Crippen molar-refractivity contribution in [2.24, 2.45) is 0 Å². The second-order valence-electron chi connectivity index (χ2n) is 5.44. The minimum Gasteiger partial charge on any atom is -0.167 e. The van der Waals surface area contributed by atoms with Crippen molar-refractivity contribution in [1.82, 2.24) is 0 Å². The molecule has 0 nitrogen and oxygen atoms in total. The van der Waals surface area contributed by atoms with Crippen LogP contribution in [-0.4, -0.2) is 7.38 Å². The summed E-state index contributed by atoms with van der Waals surface area (Å²) in [4.78, 5) is 0. The Morgan fingerprint density at radius 2 is 1.20 bits per heavy atom. The fourth-order valence-electron chi connectivity index (χ4n) is 2.70. The van der Waals surface area contributed by atoms with Gasteiger partial charge < -0.3 is 0 Å². The van der Waals surface area contributed by atoms with Crippen LogP contribution in [0.5, 0.6) is 0 Å². The van der Waals surface area contributed by atoms with Crippen molar-refractivity contribution in [3.63, 3.8) is 0 Å². The molecule has 0 radical (unpaired) electrons. The van der Waals surface area contributed by atoms with Gasteiger partial charge in [0.25, 0.3) is 0 Å². The average molecular weight is 303 g/mol. The quantitative estimate of drug-likeness (QED) is 0.450. The van der Waals surface area contributed by atoms with E-state index in [1.807, 2.05) is 0 Å². The minimum absolute atomic E-state index is 0.432. The third kappa shape index (κ3) is 3.74. The number of hydrogen-bond donors (Lipinski definition) is 0. The molecule has 2 heteroatoms. The van der Waals surface area contributed by atoms with E-state index >= 15 is 0 Å². The van der Waals surface area contributed by atoms with Gasteiger partial charge in [-0.15, -0.1) is 0 Å². The van der Waals surface area contributed by atoms with E-state index in [0.717, 1.165) is 18.1 Å². The standard InChI is InChI=1S/C18H23ClSi/c1-3-20(19,4-2)15-18(16-11-7-5-8-12-16)17-13-9-6-10-14-17/h5-14,18H,3-4,15H2,1-2H3. The normalized spacial score (nSPS) is 11.8. The van der Waals surface area contributed by atoms with Crippen LogP contribution < -0.4 is 0 Å². The van der Waals surface area contributed by atoms with Gasteiger partial charge in [-0.3, -0.25) is 0 Å². The first-order valence-electron chi connectivity index (χ1n) is 7.47. The summed E-state index contributed by atoms with van der Waals surface area (Å²) in [6, 6.07) is 25.0. The Morgan fingerprint density at radius 1 is 0.800 bits per heavy atom. The van der Waals surface area contributed by atoms with Gasteiger partial charge >= 0.3 is 0 Å². The predicted octanol–water partition coefficient (Wildman–Crippen LogP) is 6.04. The third-order valence-electron chi connectivity index (χ3n) is 4.24. The van der Waals surface area contributed by atoms with E-state index in [4.69, 9.17) is 11.1 Å². The monoisotopic (exact) mass is 302 g/mol. The highest BCUT2D eigenvalue weighted by atomic mass is 35.6. The Hall–Kier alpha value is -1.05. The van der Waals surface area contributed by atoms with Crippen LogP contribution in [0, 0.1) is 0 Å². The molecule has 0 saturated heterocycles. The van der Waals surface area contributed by atoms with E-state index < -0.39 is 7.38 Å². The summed E-state index contributed by atoms with van der Waals surface area (Å²) in [5, 5.41) is 0. The van der Waals surface area contributed by atoms with Gasteiger partial charge in [-0.25, -0.2) is 0 Å². The fraction of sp³-hybridized carbons (Fsp3) is 0.333. The molecule has 0 bridgehead atoms. The van der Waals surface area contributed by atoms with Crippen LogP contribution >= 0.6 is 11.1 Å². The van der Waals surface area contributed by atoms with E-state index in [0.29, 0.717) is 5.92 Å². The first-order valence-corrected chi connectivity index (χ1v) is 11.1. The van der Waals surface area contributed by atoms with Gasteiger partial charge in [0, 0.05) is 5.92 Å². The van der Waals surface area contributed by atoms with Gasteiger partial charge in [-0.05, 0) is 29.3 Å². The lowest BCUT2D eigenvalue weighted by Gasteiger charge is -2.28. The van der Waals surface area contributed by atoms with Crippen LogP contribution in [0.4, 0.5) is 0 Å². The molecule has 0 spiro atoms. The number of halogens is 1. The van der Waals surface area contributed by atoms with Gasteiger partial charge in [0.15, 0.2) is 7.38 Å². The maximum absolute atomic E-state index is 6.94. The highest BCUT2D eigenvalue weighted by Crippen LogP contribution is 2.37. The van der Waals surface area contributed by atoms with E-state index in [2.05, 4.69) is 74.5 Å². The Kier molecular flexibility index (Phi) is 5.44. The largest absolute Gasteiger partial charge is 0.167 e. The van der Waals surface area contributed by atoms with Crippen LogP contribution in [-0.2, 0) is 0 Å². The zero-order chi connectivity index (χ0) is 14.4. The summed E-state index contributed by atoms with van der Waals surface area (Å²) in [6.07, 6.45) is 0. The minimum atomic E-state index is -1.65. The Balaban J connectivity index is 2.35. The molecule has 0 aliphatic heterocycles. The van der Waals surface area contributed by atoms with Gasteiger partial charge in [0.1, 0.15) is 0 Å². The molecule has 0 aliphatic carbocycles. The van der Waals surface area contributed by atoms with E-state index in [1.54, 1.807) is 0 Å². The lowest BCUT2D eigenvalue weighted by molar-refractivity contribution is 0.893. The summed E-state index contributed by atoms with van der Waals surface area (Å²) in [5.74, 6) is 0.432. The van der Waals surface area contributed by atoms with E-state index in [-0.39, 0.29) is 0 Å². The number of benzene rings is 2. The smallest absolute Gasteiger partial charge is 0.156 e. The summed E-state index contributed by atoms with van der Waals surface area (Å²) < 4.78 is 0. The number of hydrogen-bond acceptors (Lipinski definition) is 0. The summed E-state index contributed by atoms with van der Waals surface area (Å²) >= 11 is 6.94. The molecule has 0 N–H and O–H groups in total. The second kappa shape index (κ2) is 7.10. The van der Waals surface area contributed by atoms with Crippen molar-refractivity contribution >= 4 is 18.5 Å². The molecule has 2 rings (SSSR count). The van der Waals surface area contributed by atoms with Crippen LogP contribution in [0.2, 0.25) is 18.1 Å². The Morgan fingerprint density at radius 3 is 1.55 bits per heavy atom. The van der Waals surface area contributed by atoms with Gasteiger partial charge in [-0.1, -0.05) is 74.5 Å². The van der Waals surface area contributed by atoms with E-state index in [1.165, 1.54) is 11.1 Å². The van der Waals surface area contributed by atoms with Crippen molar-refractivity contribution in [2.45, 2.75) is 37.9 Å². The summed E-state index contributed by atoms with van der Waals surface area (Å²) in [7, 11) is -1.65. The van der Waals surface area contributed by atoms with Crippen molar-refractivity contribution in [3.05, 3.63) is 71.8 Å². The first-order chi connectivity index (χ1) is 9.68. The topological polar surface area (TPSA) is 0 Å². The van der Waals surface area contributed by atoms with Gasteiger partial charge in [0.05, 0.1) is 0 Å². The van der Waals surface area contributed by atoms with Crippen LogP contribution in [0.3, 0.4) is 0 Å². The molecule has 0 amide bonds. The van der Waals surface area contributed by atoms with E-state index in [9.17, 15) is 0 Å². The maximum Gasteiger partial charge on any atom is 0.156 e. The highest BCUT2D eigenvalue weighted by molar-refractivity contribution is 7.20. The summed E-state index contributed by atoms with van der Waals surface area (Å²) in [6.45, 7) is 4.49. The zero-order valence-electron chi connectivity index (χ0n) is 12.4. The van der Waals surface area contributed by atoms with Crippen molar-refractivity contribution in [3.8, 4) is 0 Å². The molecule has 0 heterocycles. The fourth-order valence-corrected chi connectivity index (χ4v) is 5.45. The second-order valence-corrected chi connectivity index (χ2v) is 12.0. The molecule has 20 heavy (non-hydrogen) atoms. The molecule has 0 aliphatic rings. The lowest BCUT2D eigenvalue weighted by Crippen LogP contribution is -2.27. The maximum atomic E-state index is 6.94. The predicted molar refractivity (Wildman–Crippen MR) is 92.1 cm³/mol. The average Bonchev–Trinajstić information content (AvgIpc) is 2.54. The molecule has 0 aromatic heterocycles. The van der Waals surface area contributed by atoms with Gasteiger partial charge in [0.2, 0.25) is 0 Å².